The summed E-state index contributed by atoms with van der Waals surface area (Å²) in [5.41, 5.74) is 10.7. The van der Waals surface area contributed by atoms with Crippen LogP contribution in [-0.4, -0.2) is 42.7 Å². The number of alkyl carbamates (subject to hydrolysis) is 2. The molecule has 0 radical (unpaired) electrons. The third kappa shape index (κ3) is 8.55. The molecule has 0 spiro atoms. The largest absolute Gasteiger partial charge is 0.449 e. The van der Waals surface area contributed by atoms with E-state index in [9.17, 15) is 19.2 Å². The van der Waals surface area contributed by atoms with E-state index in [4.69, 9.17) is 9.47 Å². The first kappa shape index (κ1) is 32.7. The van der Waals surface area contributed by atoms with Crippen LogP contribution in [0, 0.1) is 5.92 Å². The molecule has 47 heavy (non-hydrogen) atoms. The van der Waals surface area contributed by atoms with Gasteiger partial charge in [-0.3, -0.25) is 20.4 Å². The zero-order chi connectivity index (χ0) is 33.2. The normalized spacial score (nSPS) is 13.0. The Balaban J connectivity index is 1.19. The van der Waals surface area contributed by atoms with Crippen LogP contribution >= 0.6 is 0 Å². The summed E-state index contributed by atoms with van der Waals surface area (Å²) in [5.74, 6) is -1.78. The van der Waals surface area contributed by atoms with Gasteiger partial charge in [-0.1, -0.05) is 123 Å². The second-order valence-electron chi connectivity index (χ2n) is 11.6. The van der Waals surface area contributed by atoms with Gasteiger partial charge in [0, 0.05) is 12.3 Å². The lowest BCUT2D eigenvalue weighted by Crippen LogP contribution is -2.58. The Morgan fingerprint density at radius 1 is 0.617 bits per heavy atom. The van der Waals surface area contributed by atoms with E-state index in [-0.39, 0.29) is 31.5 Å². The van der Waals surface area contributed by atoms with Crippen LogP contribution in [0.15, 0.2) is 109 Å². The monoisotopic (exact) mass is 634 g/mol. The van der Waals surface area contributed by atoms with Crippen LogP contribution < -0.4 is 21.5 Å². The van der Waals surface area contributed by atoms with Crippen LogP contribution in [0.25, 0.3) is 11.1 Å². The molecule has 4 N–H and O–H groups in total. The van der Waals surface area contributed by atoms with Gasteiger partial charge < -0.3 is 20.1 Å². The number of ether oxygens (including phenoxy) is 2. The molecule has 4 aromatic carbocycles. The van der Waals surface area contributed by atoms with Gasteiger partial charge in [-0.2, -0.15) is 0 Å². The summed E-state index contributed by atoms with van der Waals surface area (Å²) >= 11 is 0. The molecular formula is C37H38N4O6. The number of rotatable bonds is 11. The summed E-state index contributed by atoms with van der Waals surface area (Å²) in [6.07, 6.45) is -1.39. The van der Waals surface area contributed by atoms with Gasteiger partial charge in [-0.15, -0.1) is 0 Å². The smallest absolute Gasteiger partial charge is 0.408 e. The number of carbonyl (C=O) groups is 4. The number of benzene rings is 4. The quantitative estimate of drug-likeness (QED) is 0.167. The molecule has 2 atom stereocenters. The van der Waals surface area contributed by atoms with Crippen molar-refractivity contribution in [2.45, 2.75) is 44.9 Å². The summed E-state index contributed by atoms with van der Waals surface area (Å²) in [6, 6.07) is 32.3. The van der Waals surface area contributed by atoms with E-state index in [1.165, 1.54) is 0 Å². The molecule has 5 rings (SSSR count). The average molecular weight is 635 g/mol. The molecule has 0 aliphatic heterocycles. The van der Waals surface area contributed by atoms with E-state index in [2.05, 4.69) is 33.6 Å². The van der Waals surface area contributed by atoms with Crippen molar-refractivity contribution in [1.82, 2.24) is 21.5 Å². The first-order chi connectivity index (χ1) is 22.8. The van der Waals surface area contributed by atoms with Crippen molar-refractivity contribution in [3.8, 4) is 11.1 Å². The summed E-state index contributed by atoms with van der Waals surface area (Å²) in [7, 11) is 0. The number of hydrogen-bond donors (Lipinski definition) is 4. The molecule has 0 aromatic heterocycles. The first-order valence-corrected chi connectivity index (χ1v) is 15.5. The van der Waals surface area contributed by atoms with Gasteiger partial charge in [-0.25, -0.2) is 9.59 Å². The minimum absolute atomic E-state index is 0.0402. The van der Waals surface area contributed by atoms with Crippen LogP contribution in [0.2, 0.25) is 0 Å². The molecule has 242 valence electrons. The number of hydrazine groups is 1. The van der Waals surface area contributed by atoms with Crippen molar-refractivity contribution >= 4 is 24.0 Å². The van der Waals surface area contributed by atoms with E-state index in [0.29, 0.717) is 0 Å². The molecule has 4 amide bonds. The van der Waals surface area contributed by atoms with Crippen molar-refractivity contribution in [2.75, 3.05) is 6.61 Å². The minimum atomic E-state index is -1.07. The van der Waals surface area contributed by atoms with Crippen molar-refractivity contribution in [2.24, 2.45) is 5.92 Å². The SMILES string of the molecule is CC(C)[C@H](NC(=O)OCc1ccccc1)C(=O)NNC(=O)[C@H](Cc1ccccc1)NC(=O)OCC1c2ccccc2-c2ccccc21. The summed E-state index contributed by atoms with van der Waals surface area (Å²) in [4.78, 5) is 51.9. The maximum Gasteiger partial charge on any atom is 0.408 e. The number of fused-ring (bicyclic) bond motifs is 3. The van der Waals surface area contributed by atoms with E-state index in [1.54, 1.807) is 13.8 Å². The molecule has 0 fully saturated rings. The highest BCUT2D eigenvalue weighted by molar-refractivity contribution is 5.90. The number of carbonyl (C=O) groups excluding carboxylic acids is 4. The highest BCUT2D eigenvalue weighted by Crippen LogP contribution is 2.44. The van der Waals surface area contributed by atoms with E-state index < -0.39 is 36.1 Å². The predicted octanol–water partition coefficient (Wildman–Crippen LogP) is 5.23. The zero-order valence-corrected chi connectivity index (χ0v) is 26.3. The summed E-state index contributed by atoms with van der Waals surface area (Å²) in [6.45, 7) is 3.62. The molecular weight excluding hydrogens is 596 g/mol. The summed E-state index contributed by atoms with van der Waals surface area (Å²) in [5, 5.41) is 5.22. The van der Waals surface area contributed by atoms with Crippen LogP contribution in [0.3, 0.4) is 0 Å². The zero-order valence-electron chi connectivity index (χ0n) is 26.3. The second-order valence-corrected chi connectivity index (χ2v) is 11.6. The van der Waals surface area contributed by atoms with Crippen LogP contribution in [0.4, 0.5) is 9.59 Å². The van der Waals surface area contributed by atoms with Crippen molar-refractivity contribution in [3.05, 3.63) is 131 Å². The molecule has 0 saturated heterocycles. The van der Waals surface area contributed by atoms with Crippen molar-refractivity contribution in [3.63, 3.8) is 0 Å². The highest BCUT2D eigenvalue weighted by atomic mass is 16.6. The Bertz CT molecular complexity index is 1650. The lowest BCUT2D eigenvalue weighted by molar-refractivity contribution is -0.131. The third-order valence-corrected chi connectivity index (χ3v) is 7.98. The van der Waals surface area contributed by atoms with Crippen LogP contribution in [0.5, 0.6) is 0 Å². The molecule has 4 aromatic rings. The number of hydrogen-bond acceptors (Lipinski definition) is 6. The lowest BCUT2D eigenvalue weighted by atomic mass is 9.98. The second kappa shape index (κ2) is 15.6. The average Bonchev–Trinajstić information content (AvgIpc) is 3.41. The molecule has 0 unspecified atom stereocenters. The van der Waals surface area contributed by atoms with Crippen LogP contribution in [0.1, 0.15) is 42.0 Å². The standard InChI is InChI=1S/C37H38N4O6/c1-24(2)33(39-37(45)46-22-26-15-7-4-8-16-26)35(43)41-40-34(42)32(21-25-13-5-3-6-14-25)38-36(44)47-23-31-29-19-11-9-17-27(29)28-18-10-12-20-30(28)31/h3-20,24,31-33H,21-23H2,1-2H3,(H,38,44)(H,39,45)(H,40,42)(H,41,43)/t32-,33-/m0/s1. The molecule has 0 saturated carbocycles. The fourth-order valence-electron chi connectivity index (χ4n) is 5.56. The number of amides is 4. The van der Waals surface area contributed by atoms with Crippen molar-refractivity contribution < 1.29 is 28.7 Å². The number of nitrogens with one attached hydrogen (secondary N) is 4. The lowest BCUT2D eigenvalue weighted by Gasteiger charge is -2.23. The summed E-state index contributed by atoms with van der Waals surface area (Å²) < 4.78 is 10.9. The van der Waals surface area contributed by atoms with Gasteiger partial charge in [0.15, 0.2) is 0 Å². The minimum Gasteiger partial charge on any atom is -0.449 e. The molecule has 0 bridgehead atoms. The van der Waals surface area contributed by atoms with E-state index >= 15 is 0 Å². The Labute approximate surface area is 273 Å². The Hall–Kier alpha value is -5.64. The van der Waals surface area contributed by atoms with Gasteiger partial charge in [0.2, 0.25) is 0 Å². The first-order valence-electron chi connectivity index (χ1n) is 15.5. The van der Waals surface area contributed by atoms with Gasteiger partial charge in [-0.05, 0) is 39.3 Å². The third-order valence-electron chi connectivity index (χ3n) is 7.98. The van der Waals surface area contributed by atoms with E-state index in [1.807, 2.05) is 97.1 Å². The fourth-order valence-corrected chi connectivity index (χ4v) is 5.56. The van der Waals surface area contributed by atoms with E-state index in [0.717, 1.165) is 33.4 Å². The Morgan fingerprint density at radius 3 is 1.72 bits per heavy atom. The van der Waals surface area contributed by atoms with Gasteiger partial charge in [0.05, 0.1) is 0 Å². The molecule has 1 aliphatic rings. The van der Waals surface area contributed by atoms with Gasteiger partial charge in [0.25, 0.3) is 11.8 Å². The molecule has 1 aliphatic carbocycles. The Morgan fingerprint density at radius 2 is 1.13 bits per heavy atom. The molecule has 10 nitrogen and oxygen atoms in total. The fraction of sp³-hybridized carbons (Fsp3) is 0.243. The predicted molar refractivity (Wildman–Crippen MR) is 177 cm³/mol. The van der Waals surface area contributed by atoms with Crippen LogP contribution in [-0.2, 0) is 32.1 Å². The van der Waals surface area contributed by atoms with Gasteiger partial charge >= 0.3 is 12.2 Å². The highest BCUT2D eigenvalue weighted by Gasteiger charge is 2.31. The molecule has 10 heteroatoms. The Kier molecular flexibility index (Phi) is 10.9. The molecule has 0 heterocycles. The van der Waals surface area contributed by atoms with Gasteiger partial charge in [0.1, 0.15) is 25.3 Å². The maximum atomic E-state index is 13.3. The maximum absolute atomic E-state index is 13.3. The van der Waals surface area contributed by atoms with Crippen molar-refractivity contribution in [1.29, 1.82) is 0 Å². The topological polar surface area (TPSA) is 135 Å².